The first-order valence-electron chi connectivity index (χ1n) is 8.10. The number of carbonyl (C=O) groups excluding carboxylic acids is 1. The van der Waals surface area contributed by atoms with Gasteiger partial charge in [-0.05, 0) is 28.8 Å². The van der Waals surface area contributed by atoms with E-state index in [9.17, 15) is 13.2 Å². The number of ether oxygens (including phenoxy) is 1. The molecule has 24 heavy (non-hydrogen) atoms. The predicted octanol–water partition coefficient (Wildman–Crippen LogP) is 1.86. The molecule has 3 heterocycles. The molecule has 2 aliphatic rings. The van der Waals surface area contributed by atoms with Crippen molar-refractivity contribution in [3.05, 3.63) is 35.2 Å². The highest BCUT2D eigenvalue weighted by Crippen LogP contribution is 2.29. The lowest BCUT2D eigenvalue weighted by Crippen LogP contribution is -2.60. The first-order valence-corrected chi connectivity index (χ1v) is 10.7. The summed E-state index contributed by atoms with van der Waals surface area (Å²) in [6.07, 6.45) is 0.925. The van der Waals surface area contributed by atoms with Gasteiger partial charge >= 0.3 is 0 Å². The number of carbonyl (C=O) groups is 1. The summed E-state index contributed by atoms with van der Waals surface area (Å²) in [6, 6.07) is 7.81. The lowest BCUT2D eigenvalue weighted by molar-refractivity contribution is -0.134. The number of fused-ring (bicyclic) bond motifs is 2. The molecule has 4 rings (SSSR count). The lowest BCUT2D eigenvalue weighted by Gasteiger charge is -2.43. The van der Waals surface area contributed by atoms with E-state index < -0.39 is 15.1 Å². The Morgan fingerprint density at radius 2 is 2.17 bits per heavy atom. The molecule has 0 N–H and O–H groups in total. The van der Waals surface area contributed by atoms with E-state index in [1.54, 1.807) is 16.2 Å². The Labute approximate surface area is 145 Å². The minimum atomic E-state index is -3.16. The van der Waals surface area contributed by atoms with E-state index >= 15 is 0 Å². The highest BCUT2D eigenvalue weighted by atomic mass is 32.2. The maximum atomic E-state index is 12.9. The van der Waals surface area contributed by atoms with Crippen LogP contribution in [-0.4, -0.2) is 56.0 Å². The van der Waals surface area contributed by atoms with Crippen LogP contribution in [0.1, 0.15) is 12.0 Å². The maximum Gasteiger partial charge on any atom is 0.227 e. The monoisotopic (exact) mass is 365 g/mol. The smallest absolute Gasteiger partial charge is 0.227 e. The van der Waals surface area contributed by atoms with Crippen molar-refractivity contribution < 1.29 is 17.9 Å². The van der Waals surface area contributed by atoms with Crippen LogP contribution in [0.15, 0.2) is 29.6 Å². The number of benzene rings is 1. The molecule has 0 spiro atoms. The van der Waals surface area contributed by atoms with Gasteiger partial charge in [-0.1, -0.05) is 18.2 Å². The van der Waals surface area contributed by atoms with Crippen molar-refractivity contribution >= 4 is 37.2 Å². The van der Waals surface area contributed by atoms with Crippen molar-refractivity contribution in [2.24, 2.45) is 0 Å². The average molecular weight is 365 g/mol. The van der Waals surface area contributed by atoms with Crippen LogP contribution in [0.4, 0.5) is 0 Å². The quantitative estimate of drug-likeness (QED) is 0.815. The van der Waals surface area contributed by atoms with Gasteiger partial charge in [0, 0.05) is 17.9 Å². The van der Waals surface area contributed by atoms with Gasteiger partial charge in [0.05, 0.1) is 24.8 Å². The van der Waals surface area contributed by atoms with Crippen molar-refractivity contribution in [3.8, 4) is 0 Å². The maximum absolute atomic E-state index is 12.9. The van der Waals surface area contributed by atoms with Crippen molar-refractivity contribution in [2.45, 2.75) is 24.1 Å². The normalized spacial score (nSPS) is 26.2. The van der Waals surface area contributed by atoms with Gasteiger partial charge in [0.1, 0.15) is 5.25 Å². The van der Waals surface area contributed by atoms with Crippen LogP contribution in [0.5, 0.6) is 0 Å². The lowest BCUT2D eigenvalue weighted by atomic mass is 10.0. The number of sulfone groups is 1. The molecule has 1 aromatic heterocycles. The number of amides is 1. The molecule has 2 atom stereocenters. The molecule has 5 nitrogen and oxygen atoms in total. The van der Waals surface area contributed by atoms with Gasteiger partial charge in [-0.2, -0.15) is 0 Å². The Hall–Kier alpha value is -1.44. The minimum Gasteiger partial charge on any atom is -0.380 e. The molecule has 128 valence electrons. The number of hydrogen-bond acceptors (Lipinski definition) is 5. The minimum absolute atomic E-state index is 0.0188. The van der Waals surface area contributed by atoms with E-state index in [2.05, 4.69) is 6.07 Å². The van der Waals surface area contributed by atoms with Crippen molar-refractivity contribution in [2.75, 3.05) is 25.5 Å². The van der Waals surface area contributed by atoms with Gasteiger partial charge < -0.3 is 9.64 Å². The molecule has 2 saturated heterocycles. The van der Waals surface area contributed by atoms with Crippen molar-refractivity contribution in [1.82, 2.24) is 4.90 Å². The summed E-state index contributed by atoms with van der Waals surface area (Å²) >= 11 is 1.64. The summed E-state index contributed by atoms with van der Waals surface area (Å²) < 4.78 is 31.0. The molecule has 0 radical (unpaired) electrons. The summed E-state index contributed by atoms with van der Waals surface area (Å²) in [6.45, 7) is 1.02. The van der Waals surface area contributed by atoms with E-state index in [-0.39, 0.29) is 24.3 Å². The molecule has 1 aromatic carbocycles. The molecule has 7 heteroatoms. The van der Waals surface area contributed by atoms with Crippen LogP contribution in [-0.2, 0) is 25.8 Å². The van der Waals surface area contributed by atoms with Crippen LogP contribution >= 0.6 is 11.3 Å². The zero-order valence-corrected chi connectivity index (χ0v) is 14.8. The first kappa shape index (κ1) is 16.1. The standard InChI is InChI=1S/C17H19NO4S2/c19-17(9-12-11-23-15-4-2-1-3-13(12)15)18-6-8-24(20,21)16-10-22-7-5-14(16)18/h1-4,11,14,16H,5-10H2/t14-,16+/m1/s1. The summed E-state index contributed by atoms with van der Waals surface area (Å²) in [7, 11) is -3.16. The second kappa shape index (κ2) is 6.13. The average Bonchev–Trinajstić information content (AvgIpc) is 2.98. The van der Waals surface area contributed by atoms with E-state index in [4.69, 9.17) is 4.74 Å². The van der Waals surface area contributed by atoms with Crippen LogP contribution < -0.4 is 0 Å². The summed E-state index contributed by atoms with van der Waals surface area (Å²) in [5.41, 5.74) is 1.03. The first-order chi connectivity index (χ1) is 11.6. The third-order valence-electron chi connectivity index (χ3n) is 4.97. The number of rotatable bonds is 2. The predicted molar refractivity (Wildman–Crippen MR) is 94.0 cm³/mol. The fourth-order valence-corrected chi connectivity index (χ4v) is 6.47. The van der Waals surface area contributed by atoms with E-state index in [0.29, 0.717) is 26.0 Å². The molecule has 2 fully saturated rings. The molecule has 2 aromatic rings. The highest BCUT2D eigenvalue weighted by molar-refractivity contribution is 7.92. The van der Waals surface area contributed by atoms with Gasteiger partial charge in [0.15, 0.2) is 9.84 Å². The molecular formula is C17H19NO4S2. The molecule has 2 aliphatic heterocycles. The fourth-order valence-electron chi connectivity index (χ4n) is 3.69. The second-order valence-electron chi connectivity index (χ2n) is 6.36. The molecule has 0 saturated carbocycles. The molecule has 0 aliphatic carbocycles. The molecule has 0 bridgehead atoms. The zero-order chi connectivity index (χ0) is 16.7. The second-order valence-corrected chi connectivity index (χ2v) is 9.61. The summed E-state index contributed by atoms with van der Waals surface area (Å²) in [5.74, 6) is 0.0542. The van der Waals surface area contributed by atoms with E-state index in [1.165, 1.54) is 4.70 Å². The van der Waals surface area contributed by atoms with Crippen molar-refractivity contribution in [1.29, 1.82) is 0 Å². The van der Waals surface area contributed by atoms with Crippen LogP contribution in [0.25, 0.3) is 10.1 Å². The number of hydrogen-bond donors (Lipinski definition) is 0. The van der Waals surface area contributed by atoms with Crippen LogP contribution in [0, 0.1) is 0 Å². The largest absolute Gasteiger partial charge is 0.380 e. The Kier molecular flexibility index (Phi) is 4.10. The zero-order valence-electron chi connectivity index (χ0n) is 13.2. The van der Waals surface area contributed by atoms with E-state index in [1.807, 2.05) is 23.6 Å². The third kappa shape index (κ3) is 2.74. The topological polar surface area (TPSA) is 63.7 Å². The molecule has 1 amide bonds. The van der Waals surface area contributed by atoms with Crippen molar-refractivity contribution in [3.63, 3.8) is 0 Å². The van der Waals surface area contributed by atoms with E-state index in [0.717, 1.165) is 10.9 Å². The Balaban J connectivity index is 1.58. The van der Waals surface area contributed by atoms with Crippen LogP contribution in [0.3, 0.4) is 0 Å². The summed E-state index contributed by atoms with van der Waals surface area (Å²) in [5, 5.41) is 2.58. The van der Waals surface area contributed by atoms with Gasteiger partial charge in [-0.3, -0.25) is 4.79 Å². The molecule has 0 unspecified atom stereocenters. The Morgan fingerprint density at radius 1 is 1.33 bits per heavy atom. The third-order valence-corrected chi connectivity index (χ3v) is 8.11. The van der Waals surface area contributed by atoms with Gasteiger partial charge in [-0.25, -0.2) is 8.42 Å². The Bertz CT molecular complexity index is 874. The number of thiophene rings is 1. The SMILES string of the molecule is O=C(Cc1csc2ccccc12)N1CCS(=O)(=O)[C@H]2COCC[C@H]21. The van der Waals surface area contributed by atoms with Gasteiger partial charge in [0.2, 0.25) is 5.91 Å². The van der Waals surface area contributed by atoms with Gasteiger partial charge in [-0.15, -0.1) is 11.3 Å². The Morgan fingerprint density at radius 3 is 3.04 bits per heavy atom. The molecular weight excluding hydrogens is 346 g/mol. The fraction of sp³-hybridized carbons (Fsp3) is 0.471. The summed E-state index contributed by atoms with van der Waals surface area (Å²) in [4.78, 5) is 14.6. The highest BCUT2D eigenvalue weighted by Gasteiger charge is 2.44. The number of nitrogens with zero attached hydrogens (tertiary/aromatic N) is 1. The van der Waals surface area contributed by atoms with Crippen LogP contribution in [0.2, 0.25) is 0 Å². The van der Waals surface area contributed by atoms with Gasteiger partial charge in [0.25, 0.3) is 0 Å².